The van der Waals surface area contributed by atoms with Gasteiger partial charge in [0, 0.05) is 26.9 Å². The van der Waals surface area contributed by atoms with Gasteiger partial charge >= 0.3 is 0 Å². The van der Waals surface area contributed by atoms with Crippen molar-refractivity contribution < 1.29 is 9.53 Å². The molecule has 0 saturated carbocycles. The first-order valence-corrected chi connectivity index (χ1v) is 9.92. The normalized spacial score (nSPS) is 15.2. The average Bonchev–Trinajstić information content (AvgIpc) is 2.86. The predicted molar refractivity (Wildman–Crippen MR) is 115 cm³/mol. The van der Waals surface area contributed by atoms with Crippen LogP contribution in [-0.4, -0.2) is 13.0 Å². The number of methoxy groups -OCH3 is 1. The van der Waals surface area contributed by atoms with Crippen LogP contribution in [0.2, 0.25) is 0 Å². The Labute approximate surface area is 171 Å². The predicted octanol–water partition coefficient (Wildman–Crippen LogP) is 6.32. The zero-order valence-electron chi connectivity index (χ0n) is 15.5. The van der Waals surface area contributed by atoms with E-state index < -0.39 is 0 Å². The monoisotopic (exact) mass is 477 g/mol. The molecule has 0 bridgehead atoms. The van der Waals surface area contributed by atoms with Crippen molar-refractivity contribution in [2.75, 3.05) is 12.4 Å². The van der Waals surface area contributed by atoms with Gasteiger partial charge in [-0.05, 0) is 69.7 Å². The molecule has 0 spiro atoms. The molecule has 3 nitrogen and oxygen atoms in total. The van der Waals surface area contributed by atoms with Crippen molar-refractivity contribution in [2.24, 2.45) is 0 Å². The summed E-state index contributed by atoms with van der Waals surface area (Å²) in [4.78, 5) is 12.6. The number of hydrogen-bond donors (Lipinski definition) is 1. The molecule has 1 N–H and O–H groups in total. The summed E-state index contributed by atoms with van der Waals surface area (Å²) in [6, 6.07) is 7.96. The van der Waals surface area contributed by atoms with Crippen LogP contribution in [0.1, 0.15) is 43.0 Å². The van der Waals surface area contributed by atoms with E-state index in [9.17, 15) is 4.79 Å². The molecule has 5 heteroatoms. The Morgan fingerprint density at radius 3 is 2.42 bits per heavy atom. The van der Waals surface area contributed by atoms with Crippen molar-refractivity contribution in [2.45, 2.75) is 33.1 Å². The zero-order valence-corrected chi connectivity index (χ0v) is 18.6. The Kier molecular flexibility index (Phi) is 5.06. The molecule has 0 saturated heterocycles. The van der Waals surface area contributed by atoms with Gasteiger partial charge in [0.05, 0.1) is 11.6 Å². The van der Waals surface area contributed by atoms with Gasteiger partial charge in [0.1, 0.15) is 5.75 Å². The Morgan fingerprint density at radius 1 is 1.12 bits per heavy atom. The third kappa shape index (κ3) is 3.35. The third-order valence-electron chi connectivity index (χ3n) is 4.55. The van der Waals surface area contributed by atoms with Crippen LogP contribution in [0.5, 0.6) is 5.75 Å². The summed E-state index contributed by atoms with van der Waals surface area (Å²) in [6.45, 7) is 8.45. The third-order valence-corrected chi connectivity index (χ3v) is 6.00. The van der Waals surface area contributed by atoms with Crippen molar-refractivity contribution >= 4 is 55.1 Å². The maximum Gasteiger partial charge on any atom is 0.256 e. The minimum atomic E-state index is -0.0861. The Hall–Kier alpha value is -1.59. The summed E-state index contributed by atoms with van der Waals surface area (Å²) in [5, 5.41) is 2.95. The van der Waals surface area contributed by atoms with E-state index in [1.54, 1.807) is 7.11 Å². The van der Waals surface area contributed by atoms with Crippen LogP contribution in [-0.2, 0) is 10.2 Å². The highest BCUT2D eigenvalue weighted by Crippen LogP contribution is 2.41. The van der Waals surface area contributed by atoms with Gasteiger partial charge in [-0.2, -0.15) is 0 Å². The fourth-order valence-electron chi connectivity index (χ4n) is 3.21. The lowest BCUT2D eigenvalue weighted by molar-refractivity contribution is -0.110. The smallest absolute Gasteiger partial charge is 0.256 e. The van der Waals surface area contributed by atoms with Crippen LogP contribution in [0.3, 0.4) is 0 Å². The molecule has 0 aromatic heterocycles. The minimum Gasteiger partial charge on any atom is -0.495 e. The van der Waals surface area contributed by atoms with Gasteiger partial charge in [0.2, 0.25) is 0 Å². The van der Waals surface area contributed by atoms with Crippen molar-refractivity contribution in [3.8, 4) is 5.75 Å². The molecule has 1 aliphatic heterocycles. The van der Waals surface area contributed by atoms with Crippen molar-refractivity contribution in [3.63, 3.8) is 0 Å². The van der Waals surface area contributed by atoms with E-state index in [0.717, 1.165) is 42.6 Å². The first-order chi connectivity index (χ1) is 12.1. The Balaban J connectivity index is 2.20. The molecule has 0 aliphatic carbocycles. The van der Waals surface area contributed by atoms with Crippen molar-refractivity contribution in [3.05, 3.63) is 55.5 Å². The number of amides is 1. The second-order valence-corrected chi connectivity index (χ2v) is 9.15. The van der Waals surface area contributed by atoms with Crippen molar-refractivity contribution in [1.29, 1.82) is 0 Å². The van der Waals surface area contributed by atoms with Gasteiger partial charge in [-0.25, -0.2) is 0 Å². The molecule has 1 amide bonds. The largest absolute Gasteiger partial charge is 0.495 e. The summed E-state index contributed by atoms with van der Waals surface area (Å²) >= 11 is 7.17. The summed E-state index contributed by atoms with van der Waals surface area (Å²) in [7, 11) is 1.68. The van der Waals surface area contributed by atoms with Gasteiger partial charge < -0.3 is 10.1 Å². The van der Waals surface area contributed by atoms with Crippen LogP contribution in [0.15, 0.2) is 33.2 Å². The first kappa shape index (κ1) is 19.2. The van der Waals surface area contributed by atoms with Crippen LogP contribution < -0.4 is 10.1 Å². The second-order valence-electron chi connectivity index (χ2n) is 7.44. The molecule has 1 heterocycles. The van der Waals surface area contributed by atoms with Crippen LogP contribution in [0.4, 0.5) is 5.69 Å². The van der Waals surface area contributed by atoms with Gasteiger partial charge in [0.25, 0.3) is 5.91 Å². The summed E-state index contributed by atoms with van der Waals surface area (Å²) in [5.41, 5.74) is 5.49. The van der Waals surface area contributed by atoms with Crippen LogP contribution in [0.25, 0.3) is 11.6 Å². The lowest BCUT2D eigenvalue weighted by Crippen LogP contribution is -2.13. The standard InChI is InChI=1S/C21H21Br2NO2/c1-11-15(22)6-7-17-18(11)13(20(25)24-17)8-12-9-14(21(2,3)4)19(26-5)16(23)10-12/h6-10H,1-5H3,(H,24,25). The van der Waals surface area contributed by atoms with E-state index in [2.05, 4.69) is 64.0 Å². The molecule has 136 valence electrons. The first-order valence-electron chi connectivity index (χ1n) is 8.34. The molecule has 0 fully saturated rings. The highest BCUT2D eigenvalue weighted by Gasteiger charge is 2.27. The number of benzene rings is 2. The summed E-state index contributed by atoms with van der Waals surface area (Å²) in [5.74, 6) is 0.750. The number of carbonyl (C=O) groups is 1. The number of anilines is 1. The Morgan fingerprint density at radius 2 is 1.81 bits per heavy atom. The summed E-state index contributed by atoms with van der Waals surface area (Å²) in [6.07, 6.45) is 1.94. The molecule has 26 heavy (non-hydrogen) atoms. The SMILES string of the molecule is COc1c(Br)cc(C=C2C(=O)Nc3ccc(Br)c(C)c32)cc1C(C)(C)C. The fourth-order valence-corrected chi connectivity index (χ4v) is 4.18. The summed E-state index contributed by atoms with van der Waals surface area (Å²) < 4.78 is 7.46. The number of rotatable bonds is 2. The quantitative estimate of drug-likeness (QED) is 0.513. The molecule has 0 atom stereocenters. The Bertz CT molecular complexity index is 940. The molecule has 0 unspecified atom stereocenters. The number of carbonyl (C=O) groups excluding carboxylic acids is 1. The molecule has 0 radical (unpaired) electrons. The van der Waals surface area contributed by atoms with E-state index in [-0.39, 0.29) is 11.3 Å². The molecular formula is C21H21Br2NO2. The van der Waals surface area contributed by atoms with Crippen LogP contribution in [0, 0.1) is 6.92 Å². The highest BCUT2D eigenvalue weighted by molar-refractivity contribution is 9.10. The molecule has 2 aromatic carbocycles. The van der Waals surface area contributed by atoms with E-state index in [4.69, 9.17) is 4.74 Å². The van der Waals surface area contributed by atoms with E-state index in [1.165, 1.54) is 0 Å². The van der Waals surface area contributed by atoms with Crippen molar-refractivity contribution in [1.82, 2.24) is 0 Å². The number of hydrogen-bond acceptors (Lipinski definition) is 2. The number of fused-ring (bicyclic) bond motifs is 1. The van der Waals surface area contributed by atoms with E-state index in [0.29, 0.717) is 5.57 Å². The molecule has 1 aliphatic rings. The highest BCUT2D eigenvalue weighted by atomic mass is 79.9. The minimum absolute atomic E-state index is 0.0783. The maximum atomic E-state index is 12.6. The van der Waals surface area contributed by atoms with Gasteiger partial charge in [-0.3, -0.25) is 4.79 Å². The van der Waals surface area contributed by atoms with Gasteiger partial charge in [-0.15, -0.1) is 0 Å². The lowest BCUT2D eigenvalue weighted by atomic mass is 9.85. The van der Waals surface area contributed by atoms with E-state index in [1.807, 2.05) is 31.2 Å². The van der Waals surface area contributed by atoms with Gasteiger partial charge in [-0.1, -0.05) is 36.7 Å². The molecular weight excluding hydrogens is 458 g/mol. The fraction of sp³-hybridized carbons (Fsp3) is 0.286. The molecule has 2 aromatic rings. The van der Waals surface area contributed by atoms with Gasteiger partial charge in [0.15, 0.2) is 0 Å². The number of nitrogens with one attached hydrogen (secondary N) is 1. The number of halogens is 2. The topological polar surface area (TPSA) is 38.3 Å². The lowest BCUT2D eigenvalue weighted by Gasteiger charge is -2.23. The zero-order chi connectivity index (χ0) is 19.2. The average molecular weight is 479 g/mol. The molecule has 3 rings (SSSR count). The maximum absolute atomic E-state index is 12.6. The van der Waals surface area contributed by atoms with E-state index >= 15 is 0 Å². The van der Waals surface area contributed by atoms with Crippen LogP contribution >= 0.6 is 31.9 Å². The number of ether oxygens (including phenoxy) is 1. The second kappa shape index (κ2) is 6.86.